The van der Waals surface area contributed by atoms with Crippen molar-refractivity contribution in [1.82, 2.24) is 6.15 Å². The summed E-state index contributed by atoms with van der Waals surface area (Å²) in [5.41, 5.74) is -0.173. The molecule has 0 rings (SSSR count). The van der Waals surface area contributed by atoms with Crippen LogP contribution in [0, 0.1) is 11.3 Å². The molecule has 0 bridgehead atoms. The lowest BCUT2D eigenvalue weighted by Gasteiger charge is -2.30. The molecule has 0 aliphatic rings. The highest BCUT2D eigenvalue weighted by Crippen LogP contribution is 2.27. The molecule has 0 aliphatic heterocycles. The zero-order chi connectivity index (χ0) is 8.36. The molecule has 0 aromatic carbocycles. The topological polar surface area (TPSA) is 76.6 Å². The highest BCUT2D eigenvalue weighted by atomic mass is 16.4. The van der Waals surface area contributed by atoms with Gasteiger partial charge in [-0.2, -0.15) is 0 Å². The zero-order valence-electron chi connectivity index (χ0n) is 8.10. The Kier molecular flexibility index (Phi) is 5.15. The molecule has 0 radical (unpaired) electrons. The normalized spacial score (nSPS) is 13.5. The van der Waals surface area contributed by atoms with Gasteiger partial charge in [-0.1, -0.05) is 27.7 Å². The van der Waals surface area contributed by atoms with E-state index < -0.39 is 5.97 Å². The van der Waals surface area contributed by atoms with Crippen LogP contribution < -0.4 is 11.3 Å². The highest BCUT2D eigenvalue weighted by Gasteiger charge is 2.23. The number of quaternary nitrogens is 1. The van der Waals surface area contributed by atoms with Crippen molar-refractivity contribution in [3.63, 3.8) is 0 Å². The molecule has 68 valence electrons. The summed E-state index contributed by atoms with van der Waals surface area (Å²) in [6.45, 7) is 7.61. The van der Waals surface area contributed by atoms with Gasteiger partial charge in [0.1, 0.15) is 0 Å². The van der Waals surface area contributed by atoms with Gasteiger partial charge in [-0.3, -0.25) is 0 Å². The maximum Gasteiger partial charge on any atom is 0.0450 e. The highest BCUT2D eigenvalue weighted by molar-refractivity contribution is 5.68. The second-order valence-electron chi connectivity index (χ2n) is 3.65. The van der Waals surface area contributed by atoms with Crippen LogP contribution in [0.15, 0.2) is 0 Å². The quantitative estimate of drug-likeness (QED) is 0.660. The van der Waals surface area contributed by atoms with Crippen LogP contribution in [0.5, 0.6) is 0 Å². The van der Waals surface area contributed by atoms with Crippen LogP contribution in [0.4, 0.5) is 0 Å². The van der Waals surface area contributed by atoms with Crippen LogP contribution in [0.25, 0.3) is 0 Å². The maximum absolute atomic E-state index is 10.5. The molecule has 0 amide bonds. The van der Waals surface area contributed by atoms with Gasteiger partial charge in [-0.15, -0.1) is 0 Å². The van der Waals surface area contributed by atoms with Crippen molar-refractivity contribution in [2.75, 3.05) is 0 Å². The van der Waals surface area contributed by atoms with Crippen molar-refractivity contribution >= 4 is 5.97 Å². The van der Waals surface area contributed by atoms with E-state index in [1.807, 2.05) is 27.7 Å². The van der Waals surface area contributed by atoms with E-state index in [9.17, 15) is 9.90 Å². The predicted octanol–water partition coefficient (Wildman–Crippen LogP) is 1.18. The molecule has 0 saturated carbocycles. The Labute approximate surface area is 68.4 Å². The molecular formula is C8H19NO2. The molecular weight excluding hydrogens is 142 g/mol. The smallest absolute Gasteiger partial charge is 0.0450 e. The molecule has 0 aliphatic carbocycles. The maximum atomic E-state index is 10.5. The number of carbonyl (C=O) groups is 1. The first-order chi connectivity index (χ1) is 4.39. The summed E-state index contributed by atoms with van der Waals surface area (Å²) in [7, 11) is 0. The number of carboxylic acids is 1. The van der Waals surface area contributed by atoms with E-state index in [0.29, 0.717) is 6.42 Å². The second kappa shape index (κ2) is 4.34. The Bertz CT molecular complexity index is 127. The first-order valence-electron chi connectivity index (χ1n) is 3.60. The lowest BCUT2D eigenvalue weighted by atomic mass is 9.79. The molecule has 1 unspecified atom stereocenters. The average molecular weight is 161 g/mol. The molecule has 1 atom stereocenters. The van der Waals surface area contributed by atoms with Crippen LogP contribution in [-0.4, -0.2) is 5.97 Å². The van der Waals surface area contributed by atoms with Gasteiger partial charge in [0.05, 0.1) is 0 Å². The molecule has 0 saturated heterocycles. The number of hydrogen-bond acceptors (Lipinski definition) is 2. The van der Waals surface area contributed by atoms with Crippen LogP contribution in [0.2, 0.25) is 0 Å². The Hall–Kier alpha value is -0.570. The van der Waals surface area contributed by atoms with Gasteiger partial charge >= 0.3 is 0 Å². The lowest BCUT2D eigenvalue weighted by molar-refractivity contribution is -0.315. The fourth-order valence-electron chi connectivity index (χ4n) is 1.13. The van der Waals surface area contributed by atoms with E-state index in [-0.39, 0.29) is 17.5 Å². The van der Waals surface area contributed by atoms with Crippen molar-refractivity contribution in [2.45, 2.75) is 34.1 Å². The minimum Gasteiger partial charge on any atom is -0.550 e. The van der Waals surface area contributed by atoms with Crippen LogP contribution in [0.1, 0.15) is 34.1 Å². The van der Waals surface area contributed by atoms with E-state index in [0.717, 1.165) is 0 Å². The fourth-order valence-corrected chi connectivity index (χ4v) is 1.13. The lowest BCUT2D eigenvalue weighted by Crippen LogP contribution is -2.38. The summed E-state index contributed by atoms with van der Waals surface area (Å²) in [5.74, 6) is -1.26. The number of carboxylic acid groups (broad SMARTS) is 1. The predicted molar refractivity (Wildman–Crippen MR) is 44.2 cm³/mol. The van der Waals surface area contributed by atoms with Crippen molar-refractivity contribution in [3.05, 3.63) is 0 Å². The summed E-state index contributed by atoms with van der Waals surface area (Å²) >= 11 is 0. The summed E-state index contributed by atoms with van der Waals surface area (Å²) in [6.07, 6.45) is 0.645. The van der Waals surface area contributed by atoms with Crippen molar-refractivity contribution in [3.8, 4) is 0 Å². The van der Waals surface area contributed by atoms with Crippen molar-refractivity contribution < 1.29 is 9.90 Å². The Balaban J connectivity index is 0. The Morgan fingerprint density at radius 3 is 1.82 bits per heavy atom. The Morgan fingerprint density at radius 1 is 1.45 bits per heavy atom. The van der Waals surface area contributed by atoms with E-state index in [2.05, 4.69) is 0 Å². The largest absolute Gasteiger partial charge is 0.550 e. The molecule has 11 heavy (non-hydrogen) atoms. The standard InChI is InChI=1S/C8H16O2.H3N/c1-5-6(7(9)10)8(2,3)4;/h6H,5H2,1-4H3,(H,9,10);1H3. The SMILES string of the molecule is CCC(C(=O)[O-])C(C)(C)C.[NH4+]. The molecule has 0 fully saturated rings. The third-order valence-electron chi connectivity index (χ3n) is 1.74. The first kappa shape index (κ1) is 13.1. The monoisotopic (exact) mass is 161 g/mol. The minimum absolute atomic E-state index is 0. The van der Waals surface area contributed by atoms with Gasteiger partial charge in [-0.05, 0) is 11.8 Å². The Morgan fingerprint density at radius 2 is 1.82 bits per heavy atom. The molecule has 0 heterocycles. The van der Waals surface area contributed by atoms with Crippen LogP contribution >= 0.6 is 0 Å². The van der Waals surface area contributed by atoms with Gasteiger partial charge in [0.2, 0.25) is 0 Å². The van der Waals surface area contributed by atoms with Gasteiger partial charge in [-0.25, -0.2) is 0 Å². The fraction of sp³-hybridized carbons (Fsp3) is 0.875. The molecule has 3 nitrogen and oxygen atoms in total. The summed E-state index contributed by atoms with van der Waals surface area (Å²) < 4.78 is 0. The van der Waals surface area contributed by atoms with Gasteiger partial charge in [0.15, 0.2) is 0 Å². The molecule has 0 spiro atoms. The summed E-state index contributed by atoms with van der Waals surface area (Å²) in [6, 6.07) is 0. The van der Waals surface area contributed by atoms with Gasteiger partial charge in [0.25, 0.3) is 0 Å². The van der Waals surface area contributed by atoms with E-state index in [1.54, 1.807) is 0 Å². The third-order valence-corrected chi connectivity index (χ3v) is 1.74. The summed E-state index contributed by atoms with van der Waals surface area (Å²) in [5, 5.41) is 10.5. The molecule has 0 aromatic heterocycles. The number of aliphatic carboxylic acids is 1. The number of hydrogen-bond donors (Lipinski definition) is 1. The first-order valence-corrected chi connectivity index (χ1v) is 3.60. The third kappa shape index (κ3) is 3.98. The average Bonchev–Trinajstić information content (AvgIpc) is 1.60. The van der Waals surface area contributed by atoms with E-state index >= 15 is 0 Å². The molecule has 4 N–H and O–H groups in total. The number of rotatable bonds is 2. The molecule has 0 aromatic rings. The van der Waals surface area contributed by atoms with Crippen LogP contribution in [0.3, 0.4) is 0 Å². The van der Waals surface area contributed by atoms with E-state index in [4.69, 9.17) is 0 Å². The molecule has 3 heteroatoms. The zero-order valence-corrected chi connectivity index (χ0v) is 8.10. The van der Waals surface area contributed by atoms with Crippen LogP contribution in [-0.2, 0) is 4.79 Å². The van der Waals surface area contributed by atoms with Gasteiger partial charge < -0.3 is 16.1 Å². The van der Waals surface area contributed by atoms with Gasteiger partial charge in [0, 0.05) is 11.9 Å². The van der Waals surface area contributed by atoms with Crippen molar-refractivity contribution in [1.29, 1.82) is 0 Å². The second-order valence-corrected chi connectivity index (χ2v) is 3.65. The van der Waals surface area contributed by atoms with E-state index in [1.165, 1.54) is 0 Å². The number of carbonyl (C=O) groups excluding carboxylic acids is 1. The van der Waals surface area contributed by atoms with Crippen molar-refractivity contribution in [2.24, 2.45) is 11.3 Å². The minimum atomic E-state index is -0.935. The summed E-state index contributed by atoms with van der Waals surface area (Å²) in [4.78, 5) is 10.5.